The lowest BCUT2D eigenvalue weighted by molar-refractivity contribution is -0.132. The highest BCUT2D eigenvalue weighted by Gasteiger charge is 2.25. The van der Waals surface area contributed by atoms with Crippen molar-refractivity contribution < 1.29 is 23.5 Å². The van der Waals surface area contributed by atoms with Crippen LogP contribution in [0.15, 0.2) is 47.1 Å². The molecule has 3 rings (SSSR count). The Kier molecular flexibility index (Phi) is 6.31. The molecule has 0 aliphatic carbocycles. The summed E-state index contributed by atoms with van der Waals surface area (Å²) in [6, 6.07) is 10.2. The minimum Gasteiger partial charge on any atom is -0.465 e. The van der Waals surface area contributed by atoms with Crippen molar-refractivity contribution in [1.82, 2.24) is 9.80 Å². The number of hydrogen-bond donors (Lipinski definition) is 1. The Morgan fingerprint density at radius 3 is 2.32 bits per heavy atom. The second-order valence-corrected chi connectivity index (χ2v) is 6.40. The first-order chi connectivity index (χ1) is 13.6. The first-order valence-corrected chi connectivity index (χ1v) is 9.11. The largest absolute Gasteiger partial charge is 0.465 e. The van der Waals surface area contributed by atoms with Gasteiger partial charge in [-0.3, -0.25) is 9.59 Å². The normalized spacial score (nSPS) is 13.9. The lowest BCUT2D eigenvalue weighted by atomic mass is 10.2. The Morgan fingerprint density at radius 1 is 1.04 bits per heavy atom. The van der Waals surface area contributed by atoms with Crippen molar-refractivity contribution in [2.45, 2.75) is 6.42 Å². The zero-order chi connectivity index (χ0) is 19.9. The molecule has 0 saturated carbocycles. The molecule has 1 saturated heterocycles. The van der Waals surface area contributed by atoms with Gasteiger partial charge in [0.15, 0.2) is 5.76 Å². The van der Waals surface area contributed by atoms with E-state index < -0.39 is 0 Å². The number of furan rings is 1. The van der Waals surface area contributed by atoms with Crippen LogP contribution in [0.4, 0.5) is 5.69 Å². The van der Waals surface area contributed by atoms with Crippen LogP contribution >= 0.6 is 0 Å². The summed E-state index contributed by atoms with van der Waals surface area (Å²) in [7, 11) is 1.34. The number of amides is 2. The molecule has 1 aliphatic heterocycles. The maximum absolute atomic E-state index is 12.4. The summed E-state index contributed by atoms with van der Waals surface area (Å²) in [6.45, 7) is 2.50. The lowest BCUT2D eigenvalue weighted by Gasteiger charge is -2.34. The minimum absolute atomic E-state index is 0.0452. The van der Waals surface area contributed by atoms with E-state index in [-0.39, 0.29) is 17.8 Å². The van der Waals surface area contributed by atoms with E-state index in [1.54, 1.807) is 46.2 Å². The molecule has 2 aromatic rings. The maximum atomic E-state index is 12.4. The number of benzene rings is 1. The second kappa shape index (κ2) is 9.07. The van der Waals surface area contributed by atoms with Gasteiger partial charge in [0.05, 0.1) is 18.9 Å². The zero-order valence-corrected chi connectivity index (χ0v) is 15.7. The van der Waals surface area contributed by atoms with Crippen molar-refractivity contribution in [2.24, 2.45) is 0 Å². The van der Waals surface area contributed by atoms with Crippen molar-refractivity contribution >= 4 is 23.5 Å². The molecule has 1 aromatic heterocycles. The second-order valence-electron chi connectivity index (χ2n) is 6.40. The van der Waals surface area contributed by atoms with Crippen LogP contribution in [-0.2, 0) is 9.53 Å². The number of ether oxygens (including phenoxy) is 1. The van der Waals surface area contributed by atoms with Gasteiger partial charge in [-0.05, 0) is 36.4 Å². The number of anilines is 1. The van der Waals surface area contributed by atoms with Crippen molar-refractivity contribution in [2.75, 3.05) is 45.2 Å². The molecule has 8 heteroatoms. The van der Waals surface area contributed by atoms with Crippen molar-refractivity contribution in [1.29, 1.82) is 0 Å². The monoisotopic (exact) mass is 385 g/mol. The molecule has 2 amide bonds. The van der Waals surface area contributed by atoms with E-state index in [1.807, 2.05) is 0 Å². The molecule has 148 valence electrons. The van der Waals surface area contributed by atoms with Crippen LogP contribution < -0.4 is 5.32 Å². The number of methoxy groups -OCH3 is 1. The van der Waals surface area contributed by atoms with Crippen molar-refractivity contribution in [3.63, 3.8) is 0 Å². The van der Waals surface area contributed by atoms with Crippen LogP contribution in [0.1, 0.15) is 27.3 Å². The van der Waals surface area contributed by atoms with E-state index in [0.29, 0.717) is 50.5 Å². The third-order valence-electron chi connectivity index (χ3n) is 4.63. The summed E-state index contributed by atoms with van der Waals surface area (Å²) in [5.41, 5.74) is 1.31. The van der Waals surface area contributed by atoms with Gasteiger partial charge in [-0.2, -0.15) is 0 Å². The predicted molar refractivity (Wildman–Crippen MR) is 102 cm³/mol. The van der Waals surface area contributed by atoms with E-state index in [1.165, 1.54) is 13.4 Å². The van der Waals surface area contributed by atoms with Crippen molar-refractivity contribution in [3.05, 3.63) is 54.0 Å². The molecule has 0 bridgehead atoms. The number of hydrogen-bond acceptors (Lipinski definition) is 6. The molecular weight excluding hydrogens is 362 g/mol. The Labute approximate surface area is 163 Å². The molecule has 1 aromatic carbocycles. The van der Waals surface area contributed by atoms with Gasteiger partial charge >= 0.3 is 5.97 Å². The maximum Gasteiger partial charge on any atom is 0.337 e. The summed E-state index contributed by atoms with van der Waals surface area (Å²) in [4.78, 5) is 39.5. The molecular formula is C20H23N3O5. The standard InChI is InChI=1S/C20H23N3O5/c1-27-20(26)15-4-6-16(7-5-15)21-9-8-18(24)22-10-12-23(13-11-22)19(25)17-3-2-14-28-17/h2-7,14,21H,8-13H2,1H3. The fraction of sp³-hybridized carbons (Fsp3) is 0.350. The van der Waals surface area contributed by atoms with E-state index in [0.717, 1.165) is 5.69 Å². The Balaban J connectivity index is 1.40. The number of piperazine rings is 1. The third kappa shape index (κ3) is 4.70. The average Bonchev–Trinajstić information content (AvgIpc) is 3.28. The predicted octanol–water partition coefficient (Wildman–Crippen LogP) is 1.85. The molecule has 8 nitrogen and oxygen atoms in total. The van der Waals surface area contributed by atoms with Gasteiger partial charge in [0.1, 0.15) is 0 Å². The van der Waals surface area contributed by atoms with Gasteiger partial charge in [-0.1, -0.05) is 0 Å². The number of esters is 1. The highest BCUT2D eigenvalue weighted by molar-refractivity contribution is 5.91. The van der Waals surface area contributed by atoms with Gasteiger partial charge < -0.3 is 24.3 Å². The number of nitrogens with one attached hydrogen (secondary N) is 1. The number of carbonyl (C=O) groups excluding carboxylic acids is 3. The topological polar surface area (TPSA) is 92.1 Å². The summed E-state index contributed by atoms with van der Waals surface area (Å²) in [5.74, 6) is -0.161. The fourth-order valence-electron chi connectivity index (χ4n) is 3.03. The smallest absolute Gasteiger partial charge is 0.337 e. The van der Waals surface area contributed by atoms with E-state index in [4.69, 9.17) is 4.42 Å². The molecule has 1 N–H and O–H groups in total. The molecule has 1 fully saturated rings. The molecule has 0 radical (unpaired) electrons. The van der Waals surface area contributed by atoms with Gasteiger partial charge in [-0.25, -0.2) is 4.79 Å². The van der Waals surface area contributed by atoms with E-state index in [2.05, 4.69) is 10.1 Å². The fourth-order valence-corrected chi connectivity index (χ4v) is 3.03. The molecule has 0 atom stereocenters. The minimum atomic E-state index is -0.383. The summed E-state index contributed by atoms with van der Waals surface area (Å²) < 4.78 is 9.80. The third-order valence-corrected chi connectivity index (χ3v) is 4.63. The highest BCUT2D eigenvalue weighted by Crippen LogP contribution is 2.12. The average molecular weight is 385 g/mol. The van der Waals surface area contributed by atoms with E-state index in [9.17, 15) is 14.4 Å². The first kappa shape index (κ1) is 19.5. The van der Waals surface area contributed by atoms with Crippen LogP contribution in [0.5, 0.6) is 0 Å². The summed E-state index contributed by atoms with van der Waals surface area (Å²) in [5, 5.41) is 3.17. The molecule has 0 spiro atoms. The van der Waals surface area contributed by atoms with Gasteiger partial charge in [0.25, 0.3) is 5.91 Å². The summed E-state index contributed by atoms with van der Waals surface area (Å²) in [6.07, 6.45) is 1.83. The van der Waals surface area contributed by atoms with Gasteiger partial charge in [-0.15, -0.1) is 0 Å². The lowest BCUT2D eigenvalue weighted by Crippen LogP contribution is -2.50. The number of carbonyl (C=O) groups is 3. The Hall–Kier alpha value is -3.29. The molecule has 2 heterocycles. The molecule has 1 aliphatic rings. The van der Waals surface area contributed by atoms with Crippen LogP contribution in [0.25, 0.3) is 0 Å². The quantitative estimate of drug-likeness (QED) is 0.763. The van der Waals surface area contributed by atoms with Crippen LogP contribution in [-0.4, -0.2) is 67.4 Å². The first-order valence-electron chi connectivity index (χ1n) is 9.11. The van der Waals surface area contributed by atoms with Crippen LogP contribution in [0.3, 0.4) is 0 Å². The Morgan fingerprint density at radius 2 is 1.71 bits per heavy atom. The van der Waals surface area contributed by atoms with Gasteiger partial charge in [0, 0.05) is 44.8 Å². The van der Waals surface area contributed by atoms with Crippen LogP contribution in [0.2, 0.25) is 0 Å². The highest BCUT2D eigenvalue weighted by atomic mass is 16.5. The van der Waals surface area contributed by atoms with Gasteiger partial charge in [0.2, 0.25) is 5.91 Å². The summed E-state index contributed by atoms with van der Waals surface area (Å²) >= 11 is 0. The van der Waals surface area contributed by atoms with Crippen LogP contribution in [0, 0.1) is 0 Å². The molecule has 0 unspecified atom stereocenters. The SMILES string of the molecule is COC(=O)c1ccc(NCCC(=O)N2CCN(C(=O)c3ccco3)CC2)cc1. The van der Waals surface area contributed by atoms with Crippen molar-refractivity contribution in [3.8, 4) is 0 Å². The number of nitrogens with zero attached hydrogens (tertiary/aromatic N) is 2. The molecule has 28 heavy (non-hydrogen) atoms. The number of rotatable bonds is 6. The Bertz CT molecular complexity index is 809. The zero-order valence-electron chi connectivity index (χ0n) is 15.7. The van der Waals surface area contributed by atoms with E-state index >= 15 is 0 Å².